The van der Waals surface area contributed by atoms with Crippen LogP contribution in [0.15, 0.2) is 30.3 Å². The molecule has 0 aromatic heterocycles. The van der Waals surface area contributed by atoms with Crippen LogP contribution in [-0.2, 0) is 16.0 Å². The van der Waals surface area contributed by atoms with E-state index in [0.29, 0.717) is 12.8 Å². The molecule has 1 aromatic carbocycles. The monoisotopic (exact) mass is 204 g/mol. The van der Waals surface area contributed by atoms with Gasteiger partial charge in [-0.2, -0.15) is 0 Å². The second kappa shape index (κ2) is 6.12. The third kappa shape index (κ3) is 4.54. The summed E-state index contributed by atoms with van der Waals surface area (Å²) >= 11 is 0. The largest absolute Gasteiger partial charge is 0.303 e. The van der Waals surface area contributed by atoms with E-state index in [2.05, 4.69) is 0 Å². The Kier molecular flexibility index (Phi) is 4.75. The third-order valence-corrected chi connectivity index (χ3v) is 2.40. The first kappa shape index (κ1) is 11.6. The maximum absolute atomic E-state index is 10.8. The highest BCUT2D eigenvalue weighted by atomic mass is 16.1. The molecule has 15 heavy (non-hydrogen) atoms. The lowest BCUT2D eigenvalue weighted by Gasteiger charge is -2.08. The zero-order valence-corrected chi connectivity index (χ0v) is 8.98. The number of ketones is 1. The summed E-state index contributed by atoms with van der Waals surface area (Å²) in [5.41, 5.74) is 1.15. The molecule has 0 bridgehead atoms. The van der Waals surface area contributed by atoms with Gasteiger partial charge in [-0.05, 0) is 25.3 Å². The van der Waals surface area contributed by atoms with Crippen LogP contribution in [0.3, 0.4) is 0 Å². The quantitative estimate of drug-likeness (QED) is 0.667. The van der Waals surface area contributed by atoms with E-state index in [-0.39, 0.29) is 11.7 Å². The van der Waals surface area contributed by atoms with Crippen molar-refractivity contribution in [1.29, 1.82) is 0 Å². The van der Waals surface area contributed by atoms with Gasteiger partial charge in [-0.3, -0.25) is 0 Å². The number of benzene rings is 1. The summed E-state index contributed by atoms with van der Waals surface area (Å²) in [4.78, 5) is 21.6. The van der Waals surface area contributed by atoms with Crippen molar-refractivity contribution in [3.05, 3.63) is 35.9 Å². The molecular formula is C13H16O2. The molecule has 0 heterocycles. The normalized spacial score (nSPS) is 12.1. The zero-order chi connectivity index (χ0) is 11.1. The van der Waals surface area contributed by atoms with Gasteiger partial charge >= 0.3 is 0 Å². The van der Waals surface area contributed by atoms with E-state index in [1.807, 2.05) is 30.3 Å². The predicted molar refractivity (Wildman–Crippen MR) is 59.6 cm³/mol. The summed E-state index contributed by atoms with van der Waals surface area (Å²) in [6.45, 7) is 1.56. The highest BCUT2D eigenvalue weighted by molar-refractivity contribution is 5.75. The van der Waals surface area contributed by atoms with Crippen molar-refractivity contribution in [3.8, 4) is 0 Å². The second-order valence-corrected chi connectivity index (χ2v) is 3.83. The second-order valence-electron chi connectivity index (χ2n) is 3.83. The van der Waals surface area contributed by atoms with Crippen molar-refractivity contribution in [2.75, 3.05) is 0 Å². The van der Waals surface area contributed by atoms with E-state index < -0.39 is 0 Å². The van der Waals surface area contributed by atoms with Gasteiger partial charge in [0.15, 0.2) is 0 Å². The van der Waals surface area contributed by atoms with Crippen LogP contribution in [0.2, 0.25) is 0 Å². The number of carbonyl (C=O) groups is 2. The summed E-state index contributed by atoms with van der Waals surface area (Å²) in [6.07, 6.45) is 2.84. The minimum absolute atomic E-state index is 0.0312. The van der Waals surface area contributed by atoms with E-state index in [4.69, 9.17) is 0 Å². The average Bonchev–Trinajstić information content (AvgIpc) is 2.25. The minimum Gasteiger partial charge on any atom is -0.303 e. The number of carbonyl (C=O) groups excluding carboxylic acids is 2. The minimum atomic E-state index is -0.0312. The molecule has 80 valence electrons. The topological polar surface area (TPSA) is 34.1 Å². The molecule has 0 aliphatic heterocycles. The first-order chi connectivity index (χ1) is 7.22. The molecule has 0 radical (unpaired) electrons. The van der Waals surface area contributed by atoms with Gasteiger partial charge in [0.2, 0.25) is 0 Å². The molecule has 2 nitrogen and oxygen atoms in total. The predicted octanol–water partition coefficient (Wildman–Crippen LogP) is 2.41. The van der Waals surface area contributed by atoms with Crippen LogP contribution in [0.1, 0.15) is 25.3 Å². The molecule has 1 rings (SSSR count). The van der Waals surface area contributed by atoms with Gasteiger partial charge in [0.1, 0.15) is 12.1 Å². The van der Waals surface area contributed by atoms with E-state index in [0.717, 1.165) is 18.3 Å². The standard InChI is InChI=1S/C13H16O2/c1-11(15)7-8-13(10-14)9-12-5-3-2-4-6-12/h2-6,10,13H,7-9H2,1H3/t13-/m0/s1. The van der Waals surface area contributed by atoms with Gasteiger partial charge in [-0.25, -0.2) is 0 Å². The number of aldehydes is 1. The molecular weight excluding hydrogens is 188 g/mol. The molecule has 0 N–H and O–H groups in total. The van der Waals surface area contributed by atoms with Crippen molar-refractivity contribution in [1.82, 2.24) is 0 Å². The van der Waals surface area contributed by atoms with Gasteiger partial charge in [0, 0.05) is 12.3 Å². The number of Topliss-reactive ketones (excluding diaryl/α,β-unsaturated/α-hetero) is 1. The van der Waals surface area contributed by atoms with Gasteiger partial charge in [0.05, 0.1) is 0 Å². The molecule has 1 aromatic rings. The van der Waals surface area contributed by atoms with Crippen LogP contribution >= 0.6 is 0 Å². The maximum atomic E-state index is 10.8. The molecule has 1 atom stereocenters. The Hall–Kier alpha value is -1.44. The van der Waals surface area contributed by atoms with E-state index in [1.165, 1.54) is 0 Å². The fourth-order valence-electron chi connectivity index (χ4n) is 1.52. The van der Waals surface area contributed by atoms with Crippen molar-refractivity contribution >= 4 is 12.1 Å². The molecule has 0 fully saturated rings. The van der Waals surface area contributed by atoms with Gasteiger partial charge < -0.3 is 9.59 Å². The number of hydrogen-bond acceptors (Lipinski definition) is 2. The Morgan fingerprint density at radius 1 is 1.33 bits per heavy atom. The molecule has 0 saturated heterocycles. The molecule has 0 saturated carbocycles. The molecule has 0 amide bonds. The van der Waals surface area contributed by atoms with E-state index in [1.54, 1.807) is 6.92 Å². The lowest BCUT2D eigenvalue weighted by molar-refractivity contribution is -0.117. The summed E-state index contributed by atoms with van der Waals surface area (Å²) in [5, 5.41) is 0. The molecule has 0 aliphatic rings. The van der Waals surface area contributed by atoms with Crippen molar-refractivity contribution in [2.24, 2.45) is 5.92 Å². The first-order valence-electron chi connectivity index (χ1n) is 5.21. The SMILES string of the molecule is CC(=O)CC[C@H](C=O)Cc1ccccc1. The Morgan fingerprint density at radius 2 is 2.00 bits per heavy atom. The molecule has 0 unspecified atom stereocenters. The van der Waals surface area contributed by atoms with Crippen LogP contribution < -0.4 is 0 Å². The Balaban J connectivity index is 2.47. The molecule has 0 spiro atoms. The Labute approximate surface area is 90.3 Å². The maximum Gasteiger partial charge on any atom is 0.129 e. The summed E-state index contributed by atoms with van der Waals surface area (Å²) in [6, 6.07) is 9.88. The summed E-state index contributed by atoms with van der Waals surface area (Å²) in [7, 11) is 0. The number of rotatable bonds is 6. The van der Waals surface area contributed by atoms with Gasteiger partial charge in [-0.1, -0.05) is 30.3 Å². The van der Waals surface area contributed by atoms with Crippen LogP contribution in [0.25, 0.3) is 0 Å². The third-order valence-electron chi connectivity index (χ3n) is 2.40. The molecule has 2 heteroatoms. The van der Waals surface area contributed by atoms with Crippen LogP contribution in [0, 0.1) is 5.92 Å². The van der Waals surface area contributed by atoms with Gasteiger partial charge in [-0.15, -0.1) is 0 Å². The van der Waals surface area contributed by atoms with Crippen LogP contribution in [0.4, 0.5) is 0 Å². The smallest absolute Gasteiger partial charge is 0.129 e. The zero-order valence-electron chi connectivity index (χ0n) is 8.98. The lowest BCUT2D eigenvalue weighted by Crippen LogP contribution is -2.08. The average molecular weight is 204 g/mol. The first-order valence-corrected chi connectivity index (χ1v) is 5.21. The van der Waals surface area contributed by atoms with Crippen molar-refractivity contribution in [3.63, 3.8) is 0 Å². The van der Waals surface area contributed by atoms with Crippen molar-refractivity contribution < 1.29 is 9.59 Å². The van der Waals surface area contributed by atoms with E-state index in [9.17, 15) is 9.59 Å². The highest BCUT2D eigenvalue weighted by Crippen LogP contribution is 2.12. The highest BCUT2D eigenvalue weighted by Gasteiger charge is 2.09. The van der Waals surface area contributed by atoms with Crippen LogP contribution in [0.5, 0.6) is 0 Å². The van der Waals surface area contributed by atoms with Gasteiger partial charge in [0.25, 0.3) is 0 Å². The summed E-state index contributed by atoms with van der Waals surface area (Å²) < 4.78 is 0. The van der Waals surface area contributed by atoms with Crippen molar-refractivity contribution in [2.45, 2.75) is 26.2 Å². The van der Waals surface area contributed by atoms with E-state index >= 15 is 0 Å². The Morgan fingerprint density at radius 3 is 2.53 bits per heavy atom. The summed E-state index contributed by atoms with van der Waals surface area (Å²) in [5.74, 6) is 0.117. The lowest BCUT2D eigenvalue weighted by atomic mass is 9.95. The Bertz CT molecular complexity index is 317. The number of hydrogen-bond donors (Lipinski definition) is 0. The fourth-order valence-corrected chi connectivity index (χ4v) is 1.52. The fraction of sp³-hybridized carbons (Fsp3) is 0.385. The molecule has 0 aliphatic carbocycles. The van der Waals surface area contributed by atoms with Crippen LogP contribution in [-0.4, -0.2) is 12.1 Å².